The number of fused-ring (bicyclic) bond motifs is 1. The molecule has 1 unspecified atom stereocenters. The minimum Gasteiger partial charge on any atom is -0.348 e. The molecule has 1 amide bonds. The van der Waals surface area contributed by atoms with Gasteiger partial charge in [0.05, 0.1) is 16.3 Å². The summed E-state index contributed by atoms with van der Waals surface area (Å²) in [5.41, 5.74) is 2.29. The molecule has 0 aliphatic carbocycles. The van der Waals surface area contributed by atoms with E-state index in [1.54, 1.807) is 11.1 Å². The van der Waals surface area contributed by atoms with Crippen LogP contribution in [0.3, 0.4) is 0 Å². The monoisotopic (exact) mass is 355 g/mol. The molecule has 0 fully saturated rings. The van der Waals surface area contributed by atoms with Crippen LogP contribution >= 0.6 is 11.3 Å². The lowest BCUT2D eigenvalue weighted by atomic mass is 10.1. The van der Waals surface area contributed by atoms with E-state index in [0.29, 0.717) is 24.7 Å². The first-order valence-electron chi connectivity index (χ1n) is 8.35. The molecule has 0 radical (unpaired) electrons. The van der Waals surface area contributed by atoms with Crippen molar-refractivity contribution in [2.45, 2.75) is 26.8 Å². The van der Waals surface area contributed by atoms with Crippen molar-refractivity contribution in [3.05, 3.63) is 47.2 Å². The van der Waals surface area contributed by atoms with E-state index >= 15 is 0 Å². The lowest BCUT2D eigenvalue weighted by molar-refractivity contribution is 0.0769. The Hall–Kier alpha value is -2.54. The number of carbonyl (C=O) groups is 1. The zero-order chi connectivity index (χ0) is 17.8. The first kappa shape index (κ1) is 17.3. The van der Waals surface area contributed by atoms with Crippen LogP contribution in [-0.2, 0) is 0 Å². The number of rotatable bonds is 6. The molecule has 0 saturated heterocycles. The summed E-state index contributed by atoms with van der Waals surface area (Å²) in [4.78, 5) is 27.8. The van der Waals surface area contributed by atoms with E-state index in [0.717, 1.165) is 15.8 Å². The predicted molar refractivity (Wildman–Crippen MR) is 101 cm³/mol. The molecule has 130 valence electrons. The Balaban J connectivity index is 1.96. The van der Waals surface area contributed by atoms with E-state index in [-0.39, 0.29) is 11.9 Å². The van der Waals surface area contributed by atoms with Crippen LogP contribution in [0, 0.1) is 0 Å². The molecule has 0 bridgehead atoms. The molecule has 25 heavy (non-hydrogen) atoms. The number of nitrogens with one attached hydrogen (secondary N) is 1. The molecule has 7 heteroatoms. The van der Waals surface area contributed by atoms with Gasteiger partial charge in [0.25, 0.3) is 5.91 Å². The molecule has 0 spiro atoms. The van der Waals surface area contributed by atoms with Crippen LogP contribution in [0.4, 0.5) is 5.95 Å². The van der Waals surface area contributed by atoms with E-state index in [9.17, 15) is 4.79 Å². The first-order valence-corrected chi connectivity index (χ1v) is 9.23. The van der Waals surface area contributed by atoms with Gasteiger partial charge in [0.15, 0.2) is 5.69 Å². The molecule has 0 aromatic carbocycles. The molecule has 1 atom stereocenters. The Morgan fingerprint density at radius 2 is 2.08 bits per heavy atom. The van der Waals surface area contributed by atoms with E-state index in [1.165, 1.54) is 11.3 Å². The van der Waals surface area contributed by atoms with Crippen molar-refractivity contribution in [2.75, 3.05) is 18.4 Å². The van der Waals surface area contributed by atoms with Crippen LogP contribution in [0.15, 0.2) is 36.0 Å². The van der Waals surface area contributed by atoms with Gasteiger partial charge in [-0.3, -0.25) is 9.78 Å². The zero-order valence-corrected chi connectivity index (χ0v) is 15.4. The summed E-state index contributed by atoms with van der Waals surface area (Å²) in [6, 6.07) is 5.79. The van der Waals surface area contributed by atoms with E-state index in [1.807, 2.05) is 50.5 Å². The summed E-state index contributed by atoms with van der Waals surface area (Å²) in [6.07, 6.45) is 3.55. The van der Waals surface area contributed by atoms with Gasteiger partial charge in [0.1, 0.15) is 0 Å². The van der Waals surface area contributed by atoms with Crippen LogP contribution in [0.2, 0.25) is 0 Å². The first-order chi connectivity index (χ1) is 12.1. The molecule has 0 aliphatic heterocycles. The van der Waals surface area contributed by atoms with Crippen LogP contribution in [-0.4, -0.2) is 38.8 Å². The summed E-state index contributed by atoms with van der Waals surface area (Å²) < 4.78 is 0.830. The molecule has 0 saturated carbocycles. The number of thiophene rings is 1. The van der Waals surface area contributed by atoms with Gasteiger partial charge in [-0.05, 0) is 43.8 Å². The maximum Gasteiger partial charge on any atom is 0.274 e. The third kappa shape index (κ3) is 3.61. The fraction of sp³-hybridized carbons (Fsp3) is 0.333. The predicted octanol–water partition coefficient (Wildman–Crippen LogP) is 3.74. The Morgan fingerprint density at radius 1 is 1.28 bits per heavy atom. The molecular formula is C18H21N5OS. The number of hydrogen-bond donors (Lipinski definition) is 1. The van der Waals surface area contributed by atoms with Crippen LogP contribution in [0.25, 0.3) is 10.2 Å². The fourth-order valence-corrected chi connectivity index (χ4v) is 3.45. The van der Waals surface area contributed by atoms with Crippen molar-refractivity contribution in [1.29, 1.82) is 0 Å². The summed E-state index contributed by atoms with van der Waals surface area (Å²) >= 11 is 1.49. The lowest BCUT2D eigenvalue weighted by Crippen LogP contribution is -2.31. The van der Waals surface area contributed by atoms with Gasteiger partial charge in [-0.2, -0.15) is 0 Å². The van der Waals surface area contributed by atoms with Gasteiger partial charge in [0, 0.05) is 25.5 Å². The maximum absolute atomic E-state index is 12.8. The van der Waals surface area contributed by atoms with E-state index in [4.69, 9.17) is 0 Å². The number of nitrogens with zero attached hydrogens (tertiary/aromatic N) is 4. The van der Waals surface area contributed by atoms with Gasteiger partial charge in [-0.1, -0.05) is 6.07 Å². The minimum atomic E-state index is -0.0584. The molecule has 3 heterocycles. The summed E-state index contributed by atoms with van der Waals surface area (Å²) in [6.45, 7) is 7.27. The van der Waals surface area contributed by atoms with Gasteiger partial charge >= 0.3 is 0 Å². The Bertz CT molecular complexity index is 860. The van der Waals surface area contributed by atoms with Crippen molar-refractivity contribution in [3.63, 3.8) is 0 Å². The second-order valence-electron chi connectivity index (χ2n) is 5.66. The van der Waals surface area contributed by atoms with E-state index in [2.05, 4.69) is 20.3 Å². The topological polar surface area (TPSA) is 71.0 Å². The Labute approximate surface area is 150 Å². The smallest absolute Gasteiger partial charge is 0.274 e. The number of aromatic nitrogens is 3. The van der Waals surface area contributed by atoms with E-state index < -0.39 is 0 Å². The zero-order valence-electron chi connectivity index (χ0n) is 14.6. The number of pyridine rings is 1. The van der Waals surface area contributed by atoms with Gasteiger partial charge < -0.3 is 10.2 Å². The second-order valence-corrected chi connectivity index (χ2v) is 6.58. The summed E-state index contributed by atoms with van der Waals surface area (Å²) in [7, 11) is 0. The summed E-state index contributed by atoms with van der Waals surface area (Å²) in [5.74, 6) is 0.398. The average Bonchev–Trinajstić information content (AvgIpc) is 3.11. The number of anilines is 1. The normalized spacial score (nSPS) is 12.1. The van der Waals surface area contributed by atoms with Crippen molar-refractivity contribution in [1.82, 2.24) is 19.9 Å². The highest BCUT2D eigenvalue weighted by atomic mass is 32.1. The molecule has 0 aliphatic rings. The van der Waals surface area contributed by atoms with Crippen LogP contribution in [0.1, 0.15) is 42.9 Å². The van der Waals surface area contributed by atoms with Crippen LogP contribution in [0.5, 0.6) is 0 Å². The third-order valence-electron chi connectivity index (χ3n) is 4.09. The SMILES string of the molecule is CCN(CC)C(=O)c1nc(NC(C)c2cccnc2)nc2ccsc12. The third-order valence-corrected chi connectivity index (χ3v) is 5.00. The molecule has 3 rings (SSSR count). The number of amides is 1. The maximum atomic E-state index is 12.8. The second kappa shape index (κ2) is 7.57. The number of hydrogen-bond acceptors (Lipinski definition) is 6. The van der Waals surface area contributed by atoms with Crippen molar-refractivity contribution in [3.8, 4) is 0 Å². The van der Waals surface area contributed by atoms with Crippen LogP contribution < -0.4 is 5.32 Å². The number of carbonyl (C=O) groups excluding carboxylic acids is 1. The fourth-order valence-electron chi connectivity index (χ4n) is 2.64. The van der Waals surface area contributed by atoms with Crippen molar-refractivity contribution >= 4 is 33.4 Å². The Morgan fingerprint density at radius 3 is 2.76 bits per heavy atom. The highest BCUT2D eigenvalue weighted by Gasteiger charge is 2.20. The molecule has 3 aromatic rings. The van der Waals surface area contributed by atoms with Gasteiger partial charge in [-0.15, -0.1) is 11.3 Å². The molecule has 6 nitrogen and oxygen atoms in total. The molecular weight excluding hydrogens is 334 g/mol. The van der Waals surface area contributed by atoms with Crippen molar-refractivity contribution < 1.29 is 4.79 Å². The van der Waals surface area contributed by atoms with Gasteiger partial charge in [-0.25, -0.2) is 9.97 Å². The quantitative estimate of drug-likeness (QED) is 0.729. The van der Waals surface area contributed by atoms with Gasteiger partial charge in [0.2, 0.25) is 5.95 Å². The molecule has 3 aromatic heterocycles. The highest BCUT2D eigenvalue weighted by molar-refractivity contribution is 7.17. The standard InChI is InChI=1S/C18H21N5OS/c1-4-23(5-2)17(24)15-16-14(8-10-25-16)21-18(22-15)20-12(3)13-7-6-9-19-11-13/h6-12H,4-5H2,1-3H3,(H,20,21,22). The molecule has 1 N–H and O–H groups in total. The van der Waals surface area contributed by atoms with Crippen molar-refractivity contribution in [2.24, 2.45) is 0 Å². The lowest BCUT2D eigenvalue weighted by Gasteiger charge is -2.19. The largest absolute Gasteiger partial charge is 0.348 e. The highest BCUT2D eigenvalue weighted by Crippen LogP contribution is 2.26. The Kier molecular flexibility index (Phi) is 5.23. The minimum absolute atomic E-state index is 0.0128. The summed E-state index contributed by atoms with van der Waals surface area (Å²) in [5, 5.41) is 5.22. The average molecular weight is 355 g/mol.